The second-order valence-corrected chi connectivity index (χ2v) is 13.5. The zero-order valence-corrected chi connectivity index (χ0v) is 25.3. The number of hydrogen-bond acceptors (Lipinski definition) is 6. The quantitative estimate of drug-likeness (QED) is 0.329. The van der Waals surface area contributed by atoms with Gasteiger partial charge in [-0.2, -0.15) is 0 Å². The summed E-state index contributed by atoms with van der Waals surface area (Å²) in [5, 5.41) is 11.4. The normalized spacial score (nSPS) is 20.6. The number of ether oxygens (including phenoxy) is 1. The highest BCUT2D eigenvalue weighted by molar-refractivity contribution is 7.90. The van der Waals surface area contributed by atoms with Crippen LogP contribution >= 0.6 is 11.6 Å². The standard InChI is InChI=1S/C32H41ClN2O5S/c1-4-8-30(36)28-14-11-25(28)19-35-16-7-6-9-23-17-27(33)13-10-26(23)20-40-31-15-12-24(18-29(31)35)32(37)34-41(38,39)21-22(3)5-2/h4-5,10,12-13,15,17-18,22,25,28,30,36H,1-2,6-9,11,14,16,19-21H2,3H3,(H,34,37)/t22-,25-,28+,30-/m0/s1. The number of nitrogens with one attached hydrogen (secondary N) is 1. The van der Waals surface area contributed by atoms with Crippen LogP contribution in [0.3, 0.4) is 0 Å². The summed E-state index contributed by atoms with van der Waals surface area (Å²) in [6.45, 7) is 10.9. The third kappa shape index (κ3) is 8.15. The van der Waals surface area contributed by atoms with Crippen LogP contribution in [0.15, 0.2) is 61.7 Å². The Balaban J connectivity index is 1.65. The zero-order valence-electron chi connectivity index (χ0n) is 23.7. The number of carbonyl (C=O) groups is 1. The van der Waals surface area contributed by atoms with Gasteiger partial charge in [-0.1, -0.05) is 36.7 Å². The number of aliphatic hydroxyl groups excluding tert-OH is 1. The number of aliphatic hydroxyl groups is 1. The summed E-state index contributed by atoms with van der Waals surface area (Å²) < 4.78 is 33.7. The minimum absolute atomic E-state index is 0.186. The SMILES string of the molecule is C=CC[C@H](O)[C@@H]1CC[C@H]1CN1CCCCc2cc(Cl)ccc2COc2ccc(C(=O)NS(=O)(=O)C[C@@H](C)C=C)cc21. The predicted octanol–water partition coefficient (Wildman–Crippen LogP) is 5.91. The third-order valence-corrected chi connectivity index (χ3v) is 9.90. The molecule has 1 aliphatic carbocycles. The maximum absolute atomic E-state index is 13.1. The molecule has 2 aromatic carbocycles. The number of fused-ring (bicyclic) bond motifs is 2. The molecule has 9 heteroatoms. The van der Waals surface area contributed by atoms with E-state index in [9.17, 15) is 18.3 Å². The smallest absolute Gasteiger partial charge is 0.264 e. The number of carbonyl (C=O) groups excluding carboxylic acids is 1. The first-order valence-corrected chi connectivity index (χ1v) is 16.4. The largest absolute Gasteiger partial charge is 0.487 e. The lowest BCUT2D eigenvalue weighted by Crippen LogP contribution is -2.43. The molecule has 41 heavy (non-hydrogen) atoms. The Hall–Kier alpha value is -2.81. The van der Waals surface area contributed by atoms with E-state index in [0.29, 0.717) is 30.3 Å². The van der Waals surface area contributed by atoms with E-state index in [1.165, 1.54) is 0 Å². The highest BCUT2D eigenvalue weighted by Crippen LogP contribution is 2.41. The fraction of sp³-hybridized carbons (Fsp3) is 0.469. The van der Waals surface area contributed by atoms with Gasteiger partial charge in [-0.15, -0.1) is 13.2 Å². The molecule has 1 heterocycles. The number of hydrogen-bond donors (Lipinski definition) is 2. The maximum atomic E-state index is 13.1. The van der Waals surface area contributed by atoms with Gasteiger partial charge < -0.3 is 14.7 Å². The molecule has 7 nitrogen and oxygen atoms in total. The van der Waals surface area contributed by atoms with Crippen LogP contribution in [0.2, 0.25) is 5.02 Å². The predicted molar refractivity (Wildman–Crippen MR) is 165 cm³/mol. The summed E-state index contributed by atoms with van der Waals surface area (Å²) in [6, 6.07) is 10.9. The molecule has 1 amide bonds. The first-order valence-electron chi connectivity index (χ1n) is 14.4. The number of nitrogens with zero attached hydrogens (tertiary/aromatic N) is 1. The lowest BCUT2D eigenvalue weighted by Gasteiger charge is -2.43. The van der Waals surface area contributed by atoms with Crippen molar-refractivity contribution in [2.45, 2.75) is 58.2 Å². The topological polar surface area (TPSA) is 95.9 Å². The average Bonchev–Trinajstić information content (AvgIpc) is 2.93. The van der Waals surface area contributed by atoms with Crippen molar-refractivity contribution >= 4 is 33.2 Å². The molecule has 0 unspecified atom stereocenters. The number of sulfonamides is 1. The molecule has 1 aliphatic heterocycles. The Labute approximate surface area is 249 Å². The molecule has 0 saturated heterocycles. The number of amides is 1. The van der Waals surface area contributed by atoms with Crippen LogP contribution in [0.4, 0.5) is 5.69 Å². The van der Waals surface area contributed by atoms with E-state index in [2.05, 4.69) is 22.8 Å². The summed E-state index contributed by atoms with van der Waals surface area (Å²) >= 11 is 6.29. The molecule has 0 radical (unpaired) electrons. The number of anilines is 1. The van der Waals surface area contributed by atoms with Crippen molar-refractivity contribution in [3.05, 3.63) is 83.4 Å². The highest BCUT2D eigenvalue weighted by atomic mass is 35.5. The van der Waals surface area contributed by atoms with Gasteiger partial charge in [0.25, 0.3) is 5.91 Å². The van der Waals surface area contributed by atoms with Gasteiger partial charge in [-0.3, -0.25) is 4.79 Å². The Kier molecular flexibility index (Phi) is 10.6. The summed E-state index contributed by atoms with van der Waals surface area (Å²) in [7, 11) is -3.84. The van der Waals surface area contributed by atoms with Gasteiger partial charge in [0.15, 0.2) is 0 Å². The molecule has 4 atom stereocenters. The van der Waals surface area contributed by atoms with Crippen LogP contribution in [-0.4, -0.2) is 44.4 Å². The van der Waals surface area contributed by atoms with Gasteiger partial charge in [0.05, 0.1) is 17.5 Å². The van der Waals surface area contributed by atoms with Crippen LogP contribution in [-0.2, 0) is 23.1 Å². The lowest BCUT2D eigenvalue weighted by atomic mass is 9.69. The lowest BCUT2D eigenvalue weighted by molar-refractivity contribution is 0.0181. The van der Waals surface area contributed by atoms with E-state index in [-0.39, 0.29) is 29.1 Å². The zero-order chi connectivity index (χ0) is 29.6. The second kappa shape index (κ2) is 13.9. The van der Waals surface area contributed by atoms with E-state index in [1.54, 1.807) is 37.3 Å². The summed E-state index contributed by atoms with van der Waals surface area (Å²) in [4.78, 5) is 15.4. The van der Waals surface area contributed by atoms with E-state index < -0.39 is 22.0 Å². The minimum atomic E-state index is -3.84. The number of benzene rings is 2. The van der Waals surface area contributed by atoms with E-state index in [0.717, 1.165) is 55.5 Å². The van der Waals surface area contributed by atoms with Gasteiger partial charge in [0.2, 0.25) is 10.0 Å². The molecule has 0 aromatic heterocycles. The van der Waals surface area contributed by atoms with E-state index >= 15 is 0 Å². The fourth-order valence-corrected chi connectivity index (χ4v) is 7.20. The van der Waals surface area contributed by atoms with Crippen LogP contribution in [0, 0.1) is 17.8 Å². The van der Waals surface area contributed by atoms with Gasteiger partial charge in [0, 0.05) is 23.7 Å². The Morgan fingerprint density at radius 3 is 2.71 bits per heavy atom. The minimum Gasteiger partial charge on any atom is -0.487 e. The van der Waals surface area contributed by atoms with E-state index in [1.807, 2.05) is 18.2 Å². The van der Waals surface area contributed by atoms with Crippen molar-refractivity contribution in [1.29, 1.82) is 0 Å². The number of rotatable bonds is 10. The van der Waals surface area contributed by atoms with Gasteiger partial charge >= 0.3 is 0 Å². The van der Waals surface area contributed by atoms with Crippen molar-refractivity contribution < 1.29 is 23.1 Å². The molecule has 0 spiro atoms. The Morgan fingerprint density at radius 1 is 1.20 bits per heavy atom. The van der Waals surface area contributed by atoms with Gasteiger partial charge in [-0.05, 0) is 97.7 Å². The van der Waals surface area contributed by atoms with Gasteiger partial charge in [-0.25, -0.2) is 13.1 Å². The fourth-order valence-electron chi connectivity index (χ4n) is 5.69. The van der Waals surface area contributed by atoms with Crippen LogP contribution in [0.5, 0.6) is 5.75 Å². The third-order valence-electron chi connectivity index (χ3n) is 8.20. The summed E-state index contributed by atoms with van der Waals surface area (Å²) in [5.41, 5.74) is 3.21. The molecule has 222 valence electrons. The number of aryl methyl sites for hydroxylation is 1. The maximum Gasteiger partial charge on any atom is 0.264 e. The number of halogens is 1. The molecule has 1 fully saturated rings. The van der Waals surface area contributed by atoms with Crippen molar-refractivity contribution in [3.63, 3.8) is 0 Å². The molecular weight excluding hydrogens is 560 g/mol. The molecule has 1 saturated carbocycles. The monoisotopic (exact) mass is 600 g/mol. The van der Waals surface area contributed by atoms with Gasteiger partial charge in [0.1, 0.15) is 12.4 Å². The molecular formula is C32H41ClN2O5S. The summed E-state index contributed by atoms with van der Waals surface area (Å²) in [6.07, 6.45) is 8.15. The first-order chi connectivity index (χ1) is 19.6. The molecule has 0 bridgehead atoms. The first kappa shape index (κ1) is 31.1. The number of allylic oxidation sites excluding steroid dienone is 1. The van der Waals surface area contributed by atoms with Crippen molar-refractivity contribution in [2.24, 2.45) is 17.8 Å². The van der Waals surface area contributed by atoms with Crippen LogP contribution in [0.25, 0.3) is 0 Å². The average molecular weight is 601 g/mol. The van der Waals surface area contributed by atoms with E-state index in [4.69, 9.17) is 16.3 Å². The summed E-state index contributed by atoms with van der Waals surface area (Å²) in [5.74, 6) is -0.0952. The van der Waals surface area contributed by atoms with Crippen molar-refractivity contribution in [2.75, 3.05) is 23.7 Å². The van der Waals surface area contributed by atoms with Crippen molar-refractivity contribution in [1.82, 2.24) is 4.72 Å². The Bertz CT molecular complexity index is 1360. The van der Waals surface area contributed by atoms with Crippen LogP contribution < -0.4 is 14.4 Å². The second-order valence-electron chi connectivity index (χ2n) is 11.3. The highest BCUT2D eigenvalue weighted by Gasteiger charge is 2.37. The molecule has 2 aliphatic rings. The molecule has 2 aromatic rings. The Morgan fingerprint density at radius 2 is 2.00 bits per heavy atom. The molecule has 4 rings (SSSR count). The van der Waals surface area contributed by atoms with Crippen molar-refractivity contribution in [3.8, 4) is 5.75 Å². The molecule has 2 N–H and O–H groups in total. The van der Waals surface area contributed by atoms with Crippen LogP contribution in [0.1, 0.15) is 60.5 Å².